The van der Waals surface area contributed by atoms with Crippen LogP contribution in [0.1, 0.15) is 11.1 Å². The van der Waals surface area contributed by atoms with Gasteiger partial charge in [-0.1, -0.05) is 24.3 Å². The average molecular weight is 406 g/mol. The lowest BCUT2D eigenvalue weighted by Gasteiger charge is -2.19. The number of nitrogens with zero attached hydrogens (tertiary/aromatic N) is 3. The van der Waals surface area contributed by atoms with Crippen LogP contribution in [0.4, 0.5) is 0 Å². The number of hydrogen-bond acceptors (Lipinski definition) is 5. The molecule has 144 valence electrons. The van der Waals surface area contributed by atoms with Crippen LogP contribution in [-0.4, -0.2) is 43.3 Å². The number of aryl methyl sites for hydroxylation is 1. The first-order valence-electron chi connectivity index (χ1n) is 8.49. The Morgan fingerprint density at radius 2 is 1.81 bits per heavy atom. The summed E-state index contributed by atoms with van der Waals surface area (Å²) in [5.41, 5.74) is 3.70. The summed E-state index contributed by atoms with van der Waals surface area (Å²) in [7, 11) is 1.49. The van der Waals surface area contributed by atoms with Crippen molar-refractivity contribution in [2.45, 2.75) is 25.0 Å². The van der Waals surface area contributed by atoms with Crippen LogP contribution >= 0.6 is 12.2 Å². The molecule has 0 aliphatic rings. The van der Waals surface area contributed by atoms with Gasteiger partial charge in [0.25, 0.3) is 4.84 Å². The molecule has 1 aromatic heterocycles. The highest BCUT2D eigenvalue weighted by Gasteiger charge is 2.19. The highest BCUT2D eigenvalue weighted by Crippen LogP contribution is 2.23. The highest BCUT2D eigenvalue weighted by atomic mass is 32.2. The second kappa shape index (κ2) is 7.55. The SMILES string of the molecule is Cc1ccccc1CN(C)Cn1c(=S)oc2ccc(S(=O)(=O)N(C)C)cc21. The van der Waals surface area contributed by atoms with Gasteiger partial charge in [0.15, 0.2) is 5.58 Å². The Kier molecular flexibility index (Phi) is 5.53. The molecule has 0 atom stereocenters. The zero-order chi connectivity index (χ0) is 19.8. The van der Waals surface area contributed by atoms with Gasteiger partial charge in [-0.15, -0.1) is 0 Å². The van der Waals surface area contributed by atoms with Crippen molar-refractivity contribution < 1.29 is 12.8 Å². The van der Waals surface area contributed by atoms with Crippen molar-refractivity contribution in [2.24, 2.45) is 0 Å². The fourth-order valence-corrected chi connectivity index (χ4v) is 4.08. The third-order valence-corrected chi connectivity index (χ3v) is 6.62. The van der Waals surface area contributed by atoms with Crippen LogP contribution in [0.25, 0.3) is 11.1 Å². The molecule has 8 heteroatoms. The number of fused-ring (bicyclic) bond motifs is 1. The molecule has 0 saturated carbocycles. The molecule has 0 spiro atoms. The molecule has 6 nitrogen and oxygen atoms in total. The Morgan fingerprint density at radius 1 is 1.11 bits per heavy atom. The third kappa shape index (κ3) is 3.98. The van der Waals surface area contributed by atoms with Crippen LogP contribution in [-0.2, 0) is 23.2 Å². The van der Waals surface area contributed by atoms with Gasteiger partial charge in [0.1, 0.15) is 0 Å². The molecular formula is C19H23N3O3S2. The maximum absolute atomic E-state index is 12.4. The van der Waals surface area contributed by atoms with E-state index in [0.29, 0.717) is 22.6 Å². The van der Waals surface area contributed by atoms with Crippen LogP contribution < -0.4 is 0 Å². The summed E-state index contributed by atoms with van der Waals surface area (Å²) in [5, 5.41) is 0. The molecule has 0 fully saturated rings. The lowest BCUT2D eigenvalue weighted by atomic mass is 10.1. The first-order chi connectivity index (χ1) is 12.7. The molecule has 0 radical (unpaired) electrons. The average Bonchev–Trinajstić information content (AvgIpc) is 2.91. The van der Waals surface area contributed by atoms with Gasteiger partial charge >= 0.3 is 0 Å². The first-order valence-corrected chi connectivity index (χ1v) is 10.3. The van der Waals surface area contributed by atoms with Gasteiger partial charge in [0.2, 0.25) is 10.0 Å². The van der Waals surface area contributed by atoms with Gasteiger partial charge < -0.3 is 4.42 Å². The molecular weight excluding hydrogens is 382 g/mol. The zero-order valence-corrected chi connectivity index (χ0v) is 17.5. The number of rotatable bonds is 6. The van der Waals surface area contributed by atoms with Gasteiger partial charge in [0, 0.05) is 20.6 Å². The Bertz CT molecular complexity index is 1130. The Labute approximate surface area is 164 Å². The number of aromatic nitrogens is 1. The summed E-state index contributed by atoms with van der Waals surface area (Å²) in [5.74, 6) is 0. The maximum atomic E-state index is 12.4. The number of benzene rings is 2. The summed E-state index contributed by atoms with van der Waals surface area (Å²) in [6.07, 6.45) is 0. The number of hydrogen-bond donors (Lipinski definition) is 0. The van der Waals surface area contributed by atoms with Gasteiger partial charge in [-0.05, 0) is 55.5 Å². The quantitative estimate of drug-likeness (QED) is 0.587. The van der Waals surface area contributed by atoms with Crippen molar-refractivity contribution in [3.8, 4) is 0 Å². The highest BCUT2D eigenvalue weighted by molar-refractivity contribution is 7.89. The van der Waals surface area contributed by atoms with Crippen LogP contribution in [0, 0.1) is 11.8 Å². The summed E-state index contributed by atoms with van der Waals surface area (Å²) in [4.78, 5) is 2.65. The molecule has 0 saturated heterocycles. The van der Waals surface area contributed by atoms with Crippen LogP contribution in [0.3, 0.4) is 0 Å². The van der Waals surface area contributed by atoms with Crippen LogP contribution in [0.5, 0.6) is 0 Å². The van der Waals surface area contributed by atoms with E-state index in [1.165, 1.54) is 35.6 Å². The van der Waals surface area contributed by atoms with Crippen molar-refractivity contribution in [3.63, 3.8) is 0 Å². The second-order valence-electron chi connectivity index (χ2n) is 6.80. The van der Waals surface area contributed by atoms with Gasteiger partial charge in [-0.25, -0.2) is 12.7 Å². The second-order valence-corrected chi connectivity index (χ2v) is 9.30. The van der Waals surface area contributed by atoms with E-state index in [2.05, 4.69) is 24.0 Å². The number of sulfonamides is 1. The molecule has 0 unspecified atom stereocenters. The predicted molar refractivity (Wildman–Crippen MR) is 109 cm³/mol. The number of oxazole rings is 1. The third-order valence-electron chi connectivity index (χ3n) is 4.50. The van der Waals surface area contributed by atoms with Crippen molar-refractivity contribution >= 4 is 33.3 Å². The van der Waals surface area contributed by atoms with Crippen LogP contribution in [0.15, 0.2) is 51.8 Å². The molecule has 3 rings (SSSR count). The van der Waals surface area contributed by atoms with E-state index >= 15 is 0 Å². The Balaban J connectivity index is 1.95. The summed E-state index contributed by atoms with van der Waals surface area (Å²) < 4.78 is 33.5. The topological polar surface area (TPSA) is 58.7 Å². The standard InChI is InChI=1S/C19H23N3O3S2/c1-14-7-5-6-8-15(14)12-21(4)13-22-17-11-16(27(23,24)20(2)3)9-10-18(17)25-19(22)26/h5-11H,12-13H2,1-4H3. The lowest BCUT2D eigenvalue weighted by molar-refractivity contribution is 0.257. The monoisotopic (exact) mass is 405 g/mol. The molecule has 0 bridgehead atoms. The van der Waals surface area contributed by atoms with Crippen molar-refractivity contribution in [1.82, 2.24) is 13.8 Å². The van der Waals surface area contributed by atoms with Crippen molar-refractivity contribution in [1.29, 1.82) is 0 Å². The molecule has 0 amide bonds. The normalized spacial score (nSPS) is 12.4. The molecule has 0 aliphatic heterocycles. The zero-order valence-electron chi connectivity index (χ0n) is 15.8. The first kappa shape index (κ1) is 19.8. The molecule has 0 aliphatic carbocycles. The fourth-order valence-electron chi connectivity index (χ4n) is 2.92. The largest absolute Gasteiger partial charge is 0.429 e. The molecule has 2 aromatic carbocycles. The summed E-state index contributed by atoms with van der Waals surface area (Å²) >= 11 is 5.36. The maximum Gasteiger partial charge on any atom is 0.270 e. The van der Waals surface area contributed by atoms with E-state index in [1.54, 1.807) is 12.1 Å². The van der Waals surface area contributed by atoms with Crippen molar-refractivity contribution in [2.75, 3.05) is 21.1 Å². The smallest absolute Gasteiger partial charge is 0.270 e. The lowest BCUT2D eigenvalue weighted by Crippen LogP contribution is -2.23. The predicted octanol–water partition coefficient (Wildman–Crippen LogP) is 3.61. The molecule has 27 heavy (non-hydrogen) atoms. The van der Waals surface area contributed by atoms with Crippen LogP contribution in [0.2, 0.25) is 0 Å². The van der Waals surface area contributed by atoms with Gasteiger partial charge in [-0.3, -0.25) is 9.47 Å². The molecule has 1 heterocycles. The van der Waals surface area contributed by atoms with Crippen molar-refractivity contribution in [3.05, 3.63) is 58.4 Å². The van der Waals surface area contributed by atoms with E-state index in [4.69, 9.17) is 16.6 Å². The minimum atomic E-state index is -3.53. The minimum Gasteiger partial charge on any atom is -0.429 e. The van der Waals surface area contributed by atoms with E-state index in [9.17, 15) is 8.42 Å². The molecule has 0 N–H and O–H groups in total. The molecule has 3 aromatic rings. The Morgan fingerprint density at radius 3 is 2.48 bits per heavy atom. The van der Waals surface area contributed by atoms with Gasteiger partial charge in [0.05, 0.1) is 17.1 Å². The van der Waals surface area contributed by atoms with E-state index < -0.39 is 10.0 Å². The summed E-state index contributed by atoms with van der Waals surface area (Å²) in [6, 6.07) is 13.0. The minimum absolute atomic E-state index is 0.214. The van der Waals surface area contributed by atoms with E-state index in [-0.39, 0.29) is 4.90 Å². The summed E-state index contributed by atoms with van der Waals surface area (Å²) in [6.45, 7) is 3.32. The van der Waals surface area contributed by atoms with Gasteiger partial charge in [-0.2, -0.15) is 0 Å². The Hall–Kier alpha value is -2.00. The van der Waals surface area contributed by atoms with E-state index in [0.717, 1.165) is 6.54 Å². The van der Waals surface area contributed by atoms with E-state index in [1.807, 2.05) is 23.7 Å². The fraction of sp³-hybridized carbons (Fsp3) is 0.316.